The van der Waals surface area contributed by atoms with Crippen LogP contribution in [0.15, 0.2) is 43.0 Å². The van der Waals surface area contributed by atoms with Crippen LogP contribution < -0.4 is 4.48 Å². The molecule has 0 saturated heterocycles. The Labute approximate surface area is 93.6 Å². The summed E-state index contributed by atoms with van der Waals surface area (Å²) in [5, 5.41) is 0. The zero-order valence-corrected chi connectivity index (χ0v) is 10.1. The van der Waals surface area contributed by atoms with Crippen molar-refractivity contribution >= 4 is 5.69 Å². The highest BCUT2D eigenvalue weighted by molar-refractivity contribution is 5.42. The number of quaternary nitrogens is 1. The van der Waals surface area contributed by atoms with E-state index in [1.807, 2.05) is 6.08 Å². The predicted molar refractivity (Wildman–Crippen MR) is 68.9 cm³/mol. The Bertz CT molecular complexity index is 302. The molecule has 1 atom stereocenters. The van der Waals surface area contributed by atoms with Crippen molar-refractivity contribution < 1.29 is 0 Å². The van der Waals surface area contributed by atoms with Gasteiger partial charge in [0.2, 0.25) is 0 Å². The summed E-state index contributed by atoms with van der Waals surface area (Å²) in [6.07, 6.45) is 2.01. The zero-order valence-electron chi connectivity index (χ0n) is 10.1. The lowest BCUT2D eigenvalue weighted by Gasteiger charge is -2.34. The number of likely N-dealkylation sites (N-methyl/N-ethyl adjacent to an activating group) is 1. The molecule has 0 heterocycles. The van der Waals surface area contributed by atoms with Gasteiger partial charge in [0.1, 0.15) is 12.2 Å². The molecular formula is C14H22N+. The second kappa shape index (κ2) is 5.13. The van der Waals surface area contributed by atoms with Crippen LogP contribution in [-0.2, 0) is 0 Å². The predicted octanol–water partition coefficient (Wildman–Crippen LogP) is 3.47. The molecule has 1 rings (SSSR count). The van der Waals surface area contributed by atoms with Crippen molar-refractivity contribution in [3.8, 4) is 0 Å². The molecular weight excluding hydrogens is 182 g/mol. The third-order valence-electron chi connectivity index (χ3n) is 2.68. The van der Waals surface area contributed by atoms with Crippen LogP contribution in [0, 0.1) is 5.92 Å². The van der Waals surface area contributed by atoms with E-state index in [2.05, 4.69) is 57.8 Å². The monoisotopic (exact) mass is 204 g/mol. The molecule has 0 N–H and O–H groups in total. The van der Waals surface area contributed by atoms with E-state index in [0.717, 1.165) is 17.6 Å². The van der Waals surface area contributed by atoms with Crippen LogP contribution in [0.5, 0.6) is 0 Å². The fourth-order valence-corrected chi connectivity index (χ4v) is 2.16. The van der Waals surface area contributed by atoms with E-state index >= 15 is 0 Å². The fourth-order valence-electron chi connectivity index (χ4n) is 2.16. The summed E-state index contributed by atoms with van der Waals surface area (Å²) in [5.74, 6) is 0.690. The van der Waals surface area contributed by atoms with Crippen molar-refractivity contribution in [2.75, 3.05) is 20.1 Å². The number of hydrogen-bond acceptors (Lipinski definition) is 0. The average molecular weight is 204 g/mol. The second-order valence-electron chi connectivity index (χ2n) is 4.78. The normalized spacial score (nSPS) is 14.9. The summed E-state index contributed by atoms with van der Waals surface area (Å²) in [6.45, 7) is 10.5. The van der Waals surface area contributed by atoms with Gasteiger partial charge in [-0.2, -0.15) is 0 Å². The molecule has 0 bridgehead atoms. The number of benzene rings is 1. The second-order valence-corrected chi connectivity index (χ2v) is 4.78. The lowest BCUT2D eigenvalue weighted by molar-refractivity contribution is 0.319. The number of para-hydroxylation sites is 1. The molecule has 0 aliphatic heterocycles. The number of rotatable bonds is 5. The summed E-state index contributed by atoms with van der Waals surface area (Å²) < 4.78 is 0.946. The van der Waals surface area contributed by atoms with Crippen LogP contribution in [0.1, 0.15) is 13.8 Å². The summed E-state index contributed by atoms with van der Waals surface area (Å²) in [6, 6.07) is 10.7. The van der Waals surface area contributed by atoms with E-state index in [1.165, 1.54) is 5.69 Å². The van der Waals surface area contributed by atoms with E-state index < -0.39 is 0 Å². The molecule has 0 fully saturated rings. The minimum Gasteiger partial charge on any atom is -0.290 e. The molecule has 0 aliphatic carbocycles. The average Bonchev–Trinajstić information content (AvgIpc) is 2.18. The van der Waals surface area contributed by atoms with E-state index in [9.17, 15) is 0 Å². The third-order valence-corrected chi connectivity index (χ3v) is 2.68. The van der Waals surface area contributed by atoms with Gasteiger partial charge in [-0.25, -0.2) is 0 Å². The Morgan fingerprint density at radius 3 is 2.33 bits per heavy atom. The topological polar surface area (TPSA) is 0 Å². The van der Waals surface area contributed by atoms with Crippen LogP contribution in [0.25, 0.3) is 0 Å². The van der Waals surface area contributed by atoms with Crippen molar-refractivity contribution in [1.82, 2.24) is 4.48 Å². The number of hydrogen-bond donors (Lipinski definition) is 0. The van der Waals surface area contributed by atoms with Gasteiger partial charge in [0.05, 0.1) is 13.6 Å². The van der Waals surface area contributed by atoms with Gasteiger partial charge >= 0.3 is 0 Å². The maximum absolute atomic E-state index is 3.86. The molecule has 15 heavy (non-hydrogen) atoms. The van der Waals surface area contributed by atoms with E-state index in [1.54, 1.807) is 0 Å². The van der Waals surface area contributed by atoms with E-state index in [4.69, 9.17) is 0 Å². The third kappa shape index (κ3) is 3.21. The van der Waals surface area contributed by atoms with Gasteiger partial charge in [-0.3, -0.25) is 4.48 Å². The number of nitrogens with zero attached hydrogens (tertiary/aromatic N) is 1. The molecule has 1 aromatic rings. The van der Waals surface area contributed by atoms with Crippen LogP contribution in [0.4, 0.5) is 5.69 Å². The first-order valence-electron chi connectivity index (χ1n) is 5.59. The molecule has 0 unspecified atom stereocenters. The van der Waals surface area contributed by atoms with Crippen LogP contribution in [-0.4, -0.2) is 20.1 Å². The smallest absolute Gasteiger partial charge is 0.132 e. The molecule has 1 heteroatoms. The molecule has 1 nitrogen and oxygen atoms in total. The fraction of sp³-hybridized carbons (Fsp3) is 0.429. The van der Waals surface area contributed by atoms with E-state index in [-0.39, 0.29) is 0 Å². The molecule has 82 valence electrons. The van der Waals surface area contributed by atoms with Crippen molar-refractivity contribution in [3.63, 3.8) is 0 Å². The van der Waals surface area contributed by atoms with Crippen molar-refractivity contribution in [3.05, 3.63) is 43.0 Å². The Morgan fingerprint density at radius 2 is 1.87 bits per heavy atom. The summed E-state index contributed by atoms with van der Waals surface area (Å²) >= 11 is 0. The van der Waals surface area contributed by atoms with Gasteiger partial charge in [0.25, 0.3) is 0 Å². The molecule has 1 aromatic carbocycles. The largest absolute Gasteiger partial charge is 0.290 e. The highest BCUT2D eigenvalue weighted by atomic mass is 15.3. The SMILES string of the molecule is C=CC[N@+](C)(CC(C)C)c1ccccc1. The Balaban J connectivity index is 2.95. The van der Waals surface area contributed by atoms with Gasteiger partial charge in [-0.15, -0.1) is 0 Å². The highest BCUT2D eigenvalue weighted by Gasteiger charge is 2.24. The Hall–Kier alpha value is -1.08. The van der Waals surface area contributed by atoms with Crippen molar-refractivity contribution in [1.29, 1.82) is 0 Å². The lowest BCUT2D eigenvalue weighted by Crippen LogP contribution is -2.47. The van der Waals surface area contributed by atoms with E-state index in [0.29, 0.717) is 5.92 Å². The molecule has 0 amide bonds. The highest BCUT2D eigenvalue weighted by Crippen LogP contribution is 2.22. The standard InChI is InChI=1S/C14H22N/c1-5-11-15(4,12-13(2)3)14-9-7-6-8-10-14/h5-10,13H,1,11-12H2,2-4H3/q+1/t15-/m1/s1. The maximum atomic E-state index is 3.86. The minimum atomic E-state index is 0.690. The molecule has 0 radical (unpaired) electrons. The van der Waals surface area contributed by atoms with Crippen molar-refractivity contribution in [2.24, 2.45) is 5.92 Å². The maximum Gasteiger partial charge on any atom is 0.132 e. The molecule has 0 aliphatic rings. The summed E-state index contributed by atoms with van der Waals surface area (Å²) in [4.78, 5) is 0. The molecule has 0 aromatic heterocycles. The molecule has 0 spiro atoms. The lowest BCUT2D eigenvalue weighted by atomic mass is 10.1. The van der Waals surface area contributed by atoms with Gasteiger partial charge in [-0.05, 0) is 18.2 Å². The zero-order chi connectivity index (χ0) is 11.3. The first-order chi connectivity index (χ1) is 7.08. The van der Waals surface area contributed by atoms with Gasteiger partial charge in [0.15, 0.2) is 0 Å². The Kier molecular flexibility index (Phi) is 4.10. The van der Waals surface area contributed by atoms with Crippen LogP contribution >= 0.6 is 0 Å². The van der Waals surface area contributed by atoms with Gasteiger partial charge in [-0.1, -0.05) is 38.6 Å². The Morgan fingerprint density at radius 1 is 1.27 bits per heavy atom. The van der Waals surface area contributed by atoms with Crippen LogP contribution in [0.3, 0.4) is 0 Å². The summed E-state index contributed by atoms with van der Waals surface area (Å²) in [7, 11) is 2.27. The minimum absolute atomic E-state index is 0.690. The quantitative estimate of drug-likeness (QED) is 0.509. The molecule has 0 saturated carbocycles. The van der Waals surface area contributed by atoms with Crippen molar-refractivity contribution in [2.45, 2.75) is 13.8 Å². The van der Waals surface area contributed by atoms with Gasteiger partial charge in [0, 0.05) is 5.92 Å². The first kappa shape index (κ1) is 12.0. The summed E-state index contributed by atoms with van der Waals surface area (Å²) in [5.41, 5.74) is 1.37. The van der Waals surface area contributed by atoms with Crippen LogP contribution in [0.2, 0.25) is 0 Å². The first-order valence-corrected chi connectivity index (χ1v) is 5.59. The van der Waals surface area contributed by atoms with Gasteiger partial charge < -0.3 is 0 Å².